The quantitative estimate of drug-likeness (QED) is 0.583. The average molecular weight is 303 g/mol. The molecule has 0 radical (unpaired) electrons. The molecule has 0 aliphatic carbocycles. The Bertz CT molecular complexity index is 794. The van der Waals surface area contributed by atoms with Crippen LogP contribution in [0.25, 0.3) is 0 Å². The van der Waals surface area contributed by atoms with Crippen molar-refractivity contribution in [3.63, 3.8) is 0 Å². The fourth-order valence-corrected chi connectivity index (χ4v) is 2.31. The van der Waals surface area contributed by atoms with Gasteiger partial charge in [0.05, 0.1) is 16.2 Å². The van der Waals surface area contributed by atoms with Crippen molar-refractivity contribution >= 4 is 17.3 Å². The Kier molecular flexibility index (Phi) is 3.13. The predicted molar refractivity (Wildman–Crippen MR) is 75.0 cm³/mol. The normalized spacial score (nSPS) is 16.4. The molecule has 0 saturated carbocycles. The number of nitro groups is 1. The highest BCUT2D eigenvalue weighted by Gasteiger charge is 2.29. The number of phenols is 1. The molecule has 1 aliphatic rings. The minimum Gasteiger partial charge on any atom is -0.508 e. The molecule has 7 nitrogen and oxygen atoms in total. The van der Waals surface area contributed by atoms with Gasteiger partial charge in [-0.05, 0) is 18.2 Å². The minimum absolute atomic E-state index is 0.123. The molecular weight excluding hydrogens is 293 g/mol. The van der Waals surface area contributed by atoms with E-state index < -0.39 is 22.8 Å². The zero-order valence-electron chi connectivity index (χ0n) is 11.0. The number of amides is 1. The first-order chi connectivity index (χ1) is 10.5. The van der Waals surface area contributed by atoms with Gasteiger partial charge in [0.2, 0.25) is 0 Å². The van der Waals surface area contributed by atoms with E-state index in [-0.39, 0.29) is 28.3 Å². The maximum absolute atomic E-state index is 13.7. The summed E-state index contributed by atoms with van der Waals surface area (Å²) in [6.07, 6.45) is -0.901. The van der Waals surface area contributed by atoms with E-state index in [2.05, 4.69) is 10.6 Å². The fourth-order valence-electron chi connectivity index (χ4n) is 2.31. The lowest BCUT2D eigenvalue weighted by Gasteiger charge is -2.28. The summed E-state index contributed by atoms with van der Waals surface area (Å²) in [7, 11) is 0. The van der Waals surface area contributed by atoms with Crippen molar-refractivity contribution in [2.45, 2.75) is 6.17 Å². The number of hydrogen-bond donors (Lipinski definition) is 3. The highest BCUT2D eigenvalue weighted by molar-refractivity contribution is 6.02. The number of nitrogens with zero attached hydrogens (tertiary/aromatic N) is 1. The third-order valence-corrected chi connectivity index (χ3v) is 3.35. The van der Waals surface area contributed by atoms with E-state index in [9.17, 15) is 24.4 Å². The maximum atomic E-state index is 13.7. The number of phenolic OH excluding ortho intramolecular Hbond substituents is 1. The fraction of sp³-hybridized carbons (Fsp3) is 0.0714. The molecule has 22 heavy (non-hydrogen) atoms. The lowest BCUT2D eigenvalue weighted by Crippen LogP contribution is -2.39. The largest absolute Gasteiger partial charge is 0.508 e. The van der Waals surface area contributed by atoms with E-state index in [0.29, 0.717) is 0 Å². The summed E-state index contributed by atoms with van der Waals surface area (Å²) in [6.45, 7) is 0. The van der Waals surface area contributed by atoms with Crippen LogP contribution < -0.4 is 10.6 Å². The van der Waals surface area contributed by atoms with Crippen LogP contribution in [0.4, 0.5) is 15.8 Å². The van der Waals surface area contributed by atoms with Crippen molar-refractivity contribution < 1.29 is 19.2 Å². The van der Waals surface area contributed by atoms with Crippen molar-refractivity contribution in [1.29, 1.82) is 0 Å². The molecule has 1 atom stereocenters. The van der Waals surface area contributed by atoms with Crippen molar-refractivity contribution in [1.82, 2.24) is 5.32 Å². The Morgan fingerprint density at radius 2 is 2.00 bits per heavy atom. The number of benzene rings is 2. The first kappa shape index (κ1) is 13.8. The van der Waals surface area contributed by atoms with E-state index in [1.165, 1.54) is 18.2 Å². The van der Waals surface area contributed by atoms with Crippen LogP contribution in [0.15, 0.2) is 36.4 Å². The van der Waals surface area contributed by atoms with E-state index in [0.717, 1.165) is 18.2 Å². The van der Waals surface area contributed by atoms with Gasteiger partial charge in [-0.25, -0.2) is 4.39 Å². The van der Waals surface area contributed by atoms with Crippen LogP contribution in [0.3, 0.4) is 0 Å². The van der Waals surface area contributed by atoms with Gasteiger partial charge in [-0.15, -0.1) is 0 Å². The number of nitro benzene ring substituents is 1. The molecule has 3 N–H and O–H groups in total. The summed E-state index contributed by atoms with van der Waals surface area (Å²) in [4.78, 5) is 22.2. The molecule has 1 amide bonds. The van der Waals surface area contributed by atoms with E-state index in [1.807, 2.05) is 0 Å². The van der Waals surface area contributed by atoms with Gasteiger partial charge < -0.3 is 15.7 Å². The predicted octanol–water partition coefficient (Wildman–Crippen LogP) is 2.29. The van der Waals surface area contributed by atoms with Crippen LogP contribution in [-0.2, 0) is 0 Å². The average Bonchev–Trinajstić information content (AvgIpc) is 2.47. The summed E-state index contributed by atoms with van der Waals surface area (Å²) < 4.78 is 13.7. The number of aromatic hydroxyl groups is 1. The lowest BCUT2D eigenvalue weighted by molar-refractivity contribution is -0.385. The standard InChI is InChI=1S/C14H10FN3O4/c15-9-2-1-3-10-12(9)14(20)17-13(16-10)8-6-7(18(21)22)4-5-11(8)19/h1-6,13,16,19H,(H,17,20)/t13-/m0/s1. The second kappa shape index (κ2) is 4.99. The van der Waals surface area contributed by atoms with Gasteiger partial charge >= 0.3 is 0 Å². The number of non-ortho nitro benzene ring substituents is 1. The number of anilines is 1. The Hall–Kier alpha value is -3.16. The molecule has 0 fully saturated rings. The Morgan fingerprint density at radius 3 is 2.73 bits per heavy atom. The highest BCUT2D eigenvalue weighted by atomic mass is 19.1. The molecule has 0 spiro atoms. The lowest BCUT2D eigenvalue weighted by atomic mass is 10.0. The molecule has 1 heterocycles. The second-order valence-corrected chi connectivity index (χ2v) is 4.71. The van der Waals surface area contributed by atoms with Crippen molar-refractivity contribution in [2.75, 3.05) is 5.32 Å². The van der Waals surface area contributed by atoms with Crippen LogP contribution in [0, 0.1) is 15.9 Å². The third kappa shape index (κ3) is 2.20. The zero-order valence-corrected chi connectivity index (χ0v) is 11.0. The minimum atomic E-state index is -0.901. The first-order valence-electron chi connectivity index (χ1n) is 6.30. The number of fused-ring (bicyclic) bond motifs is 1. The van der Waals surface area contributed by atoms with Crippen LogP contribution in [0.1, 0.15) is 22.1 Å². The molecule has 3 rings (SSSR count). The molecule has 2 aromatic carbocycles. The van der Waals surface area contributed by atoms with E-state index in [4.69, 9.17) is 0 Å². The zero-order chi connectivity index (χ0) is 15.9. The van der Waals surface area contributed by atoms with Crippen molar-refractivity contribution in [3.8, 4) is 5.75 Å². The Morgan fingerprint density at radius 1 is 1.23 bits per heavy atom. The van der Waals surface area contributed by atoms with Gasteiger partial charge in [0, 0.05) is 17.7 Å². The van der Waals surface area contributed by atoms with Gasteiger partial charge in [0.25, 0.3) is 11.6 Å². The summed E-state index contributed by atoms with van der Waals surface area (Å²) in [5.41, 5.74) is 0.00896. The first-order valence-corrected chi connectivity index (χ1v) is 6.30. The van der Waals surface area contributed by atoms with Crippen LogP contribution >= 0.6 is 0 Å². The molecule has 2 aromatic rings. The SMILES string of the molecule is O=C1N[C@@H](c2cc([N+](=O)[O-])ccc2O)Nc2cccc(F)c21. The number of carbonyl (C=O) groups is 1. The van der Waals surface area contributed by atoms with Crippen molar-refractivity contribution in [2.24, 2.45) is 0 Å². The number of nitrogens with one attached hydrogen (secondary N) is 2. The van der Waals surface area contributed by atoms with E-state index in [1.54, 1.807) is 0 Å². The summed E-state index contributed by atoms with van der Waals surface area (Å²) >= 11 is 0. The van der Waals surface area contributed by atoms with Gasteiger partial charge in [-0.2, -0.15) is 0 Å². The van der Waals surface area contributed by atoms with Crippen LogP contribution in [0.2, 0.25) is 0 Å². The summed E-state index contributed by atoms with van der Waals surface area (Å²) in [6, 6.07) is 7.57. The molecule has 1 aliphatic heterocycles. The monoisotopic (exact) mass is 303 g/mol. The number of hydrogen-bond acceptors (Lipinski definition) is 5. The Labute approximate surface area is 123 Å². The van der Waals surface area contributed by atoms with Crippen LogP contribution in [0.5, 0.6) is 5.75 Å². The molecule has 8 heteroatoms. The van der Waals surface area contributed by atoms with Gasteiger partial charge in [-0.1, -0.05) is 6.07 Å². The van der Waals surface area contributed by atoms with Gasteiger partial charge in [0.15, 0.2) is 0 Å². The maximum Gasteiger partial charge on any atom is 0.270 e. The number of rotatable bonds is 2. The Balaban J connectivity index is 2.03. The molecule has 112 valence electrons. The molecule has 0 saturated heterocycles. The molecular formula is C14H10FN3O4. The van der Waals surface area contributed by atoms with Gasteiger partial charge in [-0.3, -0.25) is 14.9 Å². The number of carbonyl (C=O) groups excluding carboxylic acids is 1. The van der Waals surface area contributed by atoms with Crippen molar-refractivity contribution in [3.05, 3.63) is 63.5 Å². The second-order valence-electron chi connectivity index (χ2n) is 4.71. The molecule has 0 unspecified atom stereocenters. The third-order valence-electron chi connectivity index (χ3n) is 3.35. The van der Waals surface area contributed by atoms with E-state index >= 15 is 0 Å². The summed E-state index contributed by atoms with van der Waals surface area (Å²) in [5, 5.41) is 26.0. The summed E-state index contributed by atoms with van der Waals surface area (Å²) in [5.74, 6) is -1.56. The molecule has 0 bridgehead atoms. The molecule has 0 aromatic heterocycles. The van der Waals surface area contributed by atoms with Gasteiger partial charge in [0.1, 0.15) is 17.7 Å². The van der Waals surface area contributed by atoms with Crippen LogP contribution in [-0.4, -0.2) is 15.9 Å². The highest BCUT2D eigenvalue weighted by Crippen LogP contribution is 2.33. The number of halogens is 1. The topological polar surface area (TPSA) is 104 Å². The smallest absolute Gasteiger partial charge is 0.270 e.